The molecule has 0 unspecified atom stereocenters. The molecule has 10 aromatic rings. The monoisotopic (exact) mass is 682 g/mol. The molecule has 246 valence electrons. The Morgan fingerprint density at radius 2 is 1.08 bits per heavy atom. The molecule has 0 radical (unpaired) electrons. The van der Waals surface area contributed by atoms with Crippen LogP contribution in [0.4, 0.5) is 17.1 Å². The first-order chi connectivity index (χ1) is 25.5. The molecule has 2 nitrogen and oxygen atoms in total. The summed E-state index contributed by atoms with van der Waals surface area (Å²) in [7, 11) is 0. The highest BCUT2D eigenvalue weighted by atomic mass is 32.1. The molecule has 0 bridgehead atoms. The van der Waals surface area contributed by atoms with Gasteiger partial charge in [-0.15, -0.1) is 11.3 Å². The summed E-state index contributed by atoms with van der Waals surface area (Å²) in [6.45, 7) is 4.69. The standard InChI is InChI=1S/C49H34N2S/c1-49(2)43-14-7-6-11-38(43)39-25-19-34(30-44(39)49)32-17-23-37(24-18-32)50(35-9-4-3-5-10-35)36-21-15-31(16-22-36)33-20-26-45-42(29-33)40-12-8-13-41-47(40)51(45)46-27-28-52-48(41)46/h3-30H,1-2H3. The summed E-state index contributed by atoms with van der Waals surface area (Å²) in [5.74, 6) is 0. The lowest BCUT2D eigenvalue weighted by atomic mass is 9.81. The number of benzene rings is 7. The summed E-state index contributed by atoms with van der Waals surface area (Å²) in [6.07, 6.45) is 0. The molecule has 7 aromatic carbocycles. The van der Waals surface area contributed by atoms with Crippen molar-refractivity contribution in [3.05, 3.63) is 180 Å². The Morgan fingerprint density at radius 3 is 1.85 bits per heavy atom. The maximum absolute atomic E-state index is 2.45. The smallest absolute Gasteiger partial charge is 0.0649 e. The first-order valence-electron chi connectivity index (χ1n) is 18.0. The van der Waals surface area contributed by atoms with E-state index < -0.39 is 0 Å². The van der Waals surface area contributed by atoms with E-state index >= 15 is 0 Å². The molecule has 52 heavy (non-hydrogen) atoms. The first-order valence-corrected chi connectivity index (χ1v) is 18.9. The van der Waals surface area contributed by atoms with E-state index in [0.717, 1.165) is 17.1 Å². The zero-order valence-electron chi connectivity index (χ0n) is 29.0. The molecule has 11 rings (SSSR count). The van der Waals surface area contributed by atoms with Crippen LogP contribution >= 0.6 is 11.3 Å². The Hall–Kier alpha value is -6.16. The van der Waals surface area contributed by atoms with E-state index in [0.29, 0.717) is 0 Å². The van der Waals surface area contributed by atoms with Crippen molar-refractivity contribution in [2.75, 3.05) is 4.90 Å². The topological polar surface area (TPSA) is 7.65 Å². The van der Waals surface area contributed by atoms with Crippen LogP contribution in [-0.4, -0.2) is 4.40 Å². The normalized spacial score (nSPS) is 13.3. The quantitative estimate of drug-likeness (QED) is 0.175. The van der Waals surface area contributed by atoms with E-state index in [1.165, 1.54) is 81.9 Å². The lowest BCUT2D eigenvalue weighted by molar-refractivity contribution is 0.660. The number of rotatable bonds is 5. The van der Waals surface area contributed by atoms with Gasteiger partial charge < -0.3 is 9.30 Å². The molecule has 0 atom stereocenters. The first kappa shape index (κ1) is 29.6. The summed E-state index contributed by atoms with van der Waals surface area (Å²) in [5.41, 5.74) is 17.7. The maximum Gasteiger partial charge on any atom is 0.0649 e. The highest BCUT2D eigenvalue weighted by molar-refractivity contribution is 7.18. The van der Waals surface area contributed by atoms with Crippen molar-refractivity contribution >= 4 is 65.8 Å². The molecule has 0 spiro atoms. The second-order valence-electron chi connectivity index (χ2n) is 14.6. The van der Waals surface area contributed by atoms with Crippen LogP contribution in [0, 0.1) is 0 Å². The van der Waals surface area contributed by atoms with Gasteiger partial charge in [0.15, 0.2) is 0 Å². The van der Waals surface area contributed by atoms with Gasteiger partial charge in [0, 0.05) is 38.6 Å². The van der Waals surface area contributed by atoms with Crippen molar-refractivity contribution < 1.29 is 0 Å². The second-order valence-corrected chi connectivity index (χ2v) is 15.5. The number of hydrogen-bond donors (Lipinski definition) is 0. The van der Waals surface area contributed by atoms with Crippen molar-refractivity contribution in [1.82, 2.24) is 4.40 Å². The van der Waals surface area contributed by atoms with Gasteiger partial charge in [0.1, 0.15) is 0 Å². The minimum atomic E-state index is -0.0192. The van der Waals surface area contributed by atoms with Gasteiger partial charge >= 0.3 is 0 Å². The van der Waals surface area contributed by atoms with Crippen LogP contribution < -0.4 is 4.90 Å². The molecule has 3 heterocycles. The van der Waals surface area contributed by atoms with Crippen molar-refractivity contribution in [3.63, 3.8) is 0 Å². The van der Waals surface area contributed by atoms with Crippen molar-refractivity contribution in [2.24, 2.45) is 0 Å². The summed E-state index contributed by atoms with van der Waals surface area (Å²) < 4.78 is 3.82. The molecular formula is C49H34N2S. The SMILES string of the molecule is CC1(C)c2ccccc2-c2ccc(-c3ccc(N(c4ccccc4)c4ccc(-c5ccc6c(c5)c5cccc7c8sccc8n6c57)cc4)cc3)cc21. The Bertz CT molecular complexity index is 2960. The molecule has 0 aliphatic heterocycles. The minimum Gasteiger partial charge on any atom is -0.311 e. The average Bonchev–Trinajstić information content (AvgIpc) is 3.94. The second kappa shape index (κ2) is 10.9. The van der Waals surface area contributed by atoms with Crippen molar-refractivity contribution in [3.8, 4) is 33.4 Å². The van der Waals surface area contributed by atoms with Gasteiger partial charge in [-0.05, 0) is 111 Å². The Morgan fingerprint density at radius 1 is 0.462 bits per heavy atom. The molecule has 0 amide bonds. The van der Waals surface area contributed by atoms with E-state index in [1.54, 1.807) is 0 Å². The van der Waals surface area contributed by atoms with Gasteiger partial charge in [0.2, 0.25) is 0 Å². The zero-order valence-corrected chi connectivity index (χ0v) is 29.8. The summed E-state index contributed by atoms with van der Waals surface area (Å²) >= 11 is 1.83. The summed E-state index contributed by atoms with van der Waals surface area (Å²) in [4.78, 5) is 2.35. The average molecular weight is 683 g/mol. The van der Waals surface area contributed by atoms with Gasteiger partial charge in [0.25, 0.3) is 0 Å². The van der Waals surface area contributed by atoms with E-state index in [9.17, 15) is 0 Å². The lowest BCUT2D eigenvalue weighted by Crippen LogP contribution is -2.14. The van der Waals surface area contributed by atoms with Gasteiger partial charge in [-0.25, -0.2) is 0 Å². The summed E-state index contributed by atoms with van der Waals surface area (Å²) in [5, 5.41) is 6.18. The predicted octanol–water partition coefficient (Wildman–Crippen LogP) is 14.0. The number of thiophene rings is 1. The third kappa shape index (κ3) is 4.17. The fraction of sp³-hybridized carbons (Fsp3) is 0.0612. The van der Waals surface area contributed by atoms with Crippen LogP contribution in [0.25, 0.3) is 70.8 Å². The van der Waals surface area contributed by atoms with Crippen LogP contribution in [0.5, 0.6) is 0 Å². The van der Waals surface area contributed by atoms with E-state index in [1.807, 2.05) is 11.3 Å². The van der Waals surface area contributed by atoms with E-state index in [4.69, 9.17) is 0 Å². The van der Waals surface area contributed by atoms with E-state index in [2.05, 4.69) is 192 Å². The number of fused-ring (bicyclic) bond motifs is 9. The molecule has 1 aliphatic rings. The van der Waals surface area contributed by atoms with Crippen molar-refractivity contribution in [2.45, 2.75) is 19.3 Å². The minimum absolute atomic E-state index is 0.0192. The molecule has 0 fully saturated rings. The molecular weight excluding hydrogens is 649 g/mol. The van der Waals surface area contributed by atoms with Crippen LogP contribution in [0.15, 0.2) is 169 Å². The van der Waals surface area contributed by atoms with Gasteiger partial charge in [-0.2, -0.15) is 0 Å². The largest absolute Gasteiger partial charge is 0.311 e. The van der Waals surface area contributed by atoms with E-state index in [-0.39, 0.29) is 5.41 Å². The Labute approximate surface area is 306 Å². The summed E-state index contributed by atoms with van der Waals surface area (Å²) in [6, 6.07) is 60.5. The molecule has 0 N–H and O–H groups in total. The van der Waals surface area contributed by atoms with Crippen LogP contribution in [0.3, 0.4) is 0 Å². The van der Waals surface area contributed by atoms with Crippen molar-refractivity contribution in [1.29, 1.82) is 0 Å². The van der Waals surface area contributed by atoms with Gasteiger partial charge in [0.05, 0.1) is 21.3 Å². The molecule has 0 saturated heterocycles. The fourth-order valence-electron chi connectivity index (χ4n) is 8.88. The third-order valence-electron chi connectivity index (χ3n) is 11.4. The molecule has 3 aromatic heterocycles. The van der Waals surface area contributed by atoms with Gasteiger partial charge in [-0.1, -0.05) is 117 Å². The number of aromatic nitrogens is 1. The number of hydrogen-bond acceptors (Lipinski definition) is 2. The fourth-order valence-corrected chi connectivity index (χ4v) is 9.78. The highest BCUT2D eigenvalue weighted by Crippen LogP contribution is 2.50. The van der Waals surface area contributed by atoms with Gasteiger partial charge in [-0.3, -0.25) is 0 Å². The highest BCUT2D eigenvalue weighted by Gasteiger charge is 2.35. The predicted molar refractivity (Wildman–Crippen MR) is 222 cm³/mol. The Kier molecular flexibility index (Phi) is 6.21. The number of anilines is 3. The molecule has 3 heteroatoms. The molecule has 1 aliphatic carbocycles. The van der Waals surface area contributed by atoms with Crippen LogP contribution in [-0.2, 0) is 5.41 Å². The lowest BCUT2D eigenvalue weighted by Gasteiger charge is -2.26. The maximum atomic E-state index is 2.45. The number of nitrogens with zero attached hydrogens (tertiary/aromatic N) is 2. The molecule has 0 saturated carbocycles. The zero-order chi connectivity index (χ0) is 34.6. The number of para-hydroxylation sites is 2. The Balaban J connectivity index is 0.946. The third-order valence-corrected chi connectivity index (χ3v) is 12.4. The van der Waals surface area contributed by atoms with Crippen LogP contribution in [0.1, 0.15) is 25.0 Å². The van der Waals surface area contributed by atoms with Crippen LogP contribution in [0.2, 0.25) is 0 Å².